The summed E-state index contributed by atoms with van der Waals surface area (Å²) in [5, 5.41) is 6.40. The highest BCUT2D eigenvalue weighted by atomic mass is 19.4. The molecule has 2 aromatic carbocycles. The average Bonchev–Trinajstić information content (AvgIpc) is 3.38. The monoisotopic (exact) mass is 373 g/mol. The van der Waals surface area contributed by atoms with Gasteiger partial charge in [0.2, 0.25) is 11.7 Å². The lowest BCUT2D eigenvalue weighted by Crippen LogP contribution is -2.13. The third-order valence-corrected chi connectivity index (χ3v) is 4.22. The first kappa shape index (κ1) is 17.3. The van der Waals surface area contributed by atoms with Gasteiger partial charge in [0.05, 0.1) is 5.56 Å². The Morgan fingerprint density at radius 2 is 1.85 bits per heavy atom. The standard InChI is InChI=1S/C19H14F3N3O2/c20-19(21,22)14-2-1-3-15(10-14)23-17(26)12-6-4-11(5-7-12)16-24-18(27-25-16)13-8-9-13/h1-7,10,13H,8-9H2,(H,23,26). The molecule has 1 aliphatic carbocycles. The number of rotatable bonds is 4. The number of nitrogens with one attached hydrogen (secondary N) is 1. The molecule has 0 unspecified atom stereocenters. The van der Waals surface area contributed by atoms with E-state index in [1.807, 2.05) is 0 Å². The Labute approximate surface area is 152 Å². The molecule has 1 amide bonds. The molecule has 1 aliphatic rings. The summed E-state index contributed by atoms with van der Waals surface area (Å²) >= 11 is 0. The number of aromatic nitrogens is 2. The van der Waals surface area contributed by atoms with Crippen LogP contribution in [0.1, 0.15) is 40.6 Å². The summed E-state index contributed by atoms with van der Waals surface area (Å²) in [6.45, 7) is 0. The number of benzene rings is 2. The van der Waals surface area contributed by atoms with E-state index in [1.165, 1.54) is 12.1 Å². The molecule has 0 saturated heterocycles. The van der Waals surface area contributed by atoms with Crippen LogP contribution < -0.4 is 5.32 Å². The number of carbonyl (C=O) groups is 1. The minimum absolute atomic E-state index is 0.0751. The SMILES string of the molecule is O=C(Nc1cccc(C(F)(F)F)c1)c1ccc(-c2noc(C3CC3)n2)cc1. The lowest BCUT2D eigenvalue weighted by molar-refractivity contribution is -0.137. The Morgan fingerprint density at radius 3 is 2.52 bits per heavy atom. The molecular weight excluding hydrogens is 359 g/mol. The van der Waals surface area contributed by atoms with Crippen molar-refractivity contribution in [3.05, 3.63) is 65.5 Å². The molecule has 1 fully saturated rings. The van der Waals surface area contributed by atoms with Gasteiger partial charge in [0, 0.05) is 22.7 Å². The van der Waals surface area contributed by atoms with Crippen LogP contribution in [0, 0.1) is 0 Å². The quantitative estimate of drug-likeness (QED) is 0.707. The number of carbonyl (C=O) groups excluding carboxylic acids is 1. The number of hydrogen-bond donors (Lipinski definition) is 1. The highest BCUT2D eigenvalue weighted by molar-refractivity contribution is 6.04. The van der Waals surface area contributed by atoms with E-state index in [0.29, 0.717) is 28.8 Å². The van der Waals surface area contributed by atoms with Gasteiger partial charge in [-0.3, -0.25) is 4.79 Å². The molecule has 27 heavy (non-hydrogen) atoms. The van der Waals surface area contributed by atoms with Crippen molar-refractivity contribution >= 4 is 11.6 Å². The van der Waals surface area contributed by atoms with Gasteiger partial charge in [-0.2, -0.15) is 18.2 Å². The van der Waals surface area contributed by atoms with Gasteiger partial charge in [0.15, 0.2) is 0 Å². The highest BCUT2D eigenvalue weighted by Gasteiger charge is 2.31. The Hall–Kier alpha value is -3.16. The zero-order valence-electron chi connectivity index (χ0n) is 14.0. The molecule has 0 spiro atoms. The summed E-state index contributed by atoms with van der Waals surface area (Å²) in [5.74, 6) is 0.912. The molecule has 1 aromatic heterocycles. The zero-order chi connectivity index (χ0) is 19.0. The summed E-state index contributed by atoms with van der Waals surface area (Å²) in [6, 6.07) is 11.0. The third kappa shape index (κ3) is 3.84. The van der Waals surface area contributed by atoms with Crippen LogP contribution in [-0.2, 0) is 6.18 Å². The number of alkyl halides is 3. The van der Waals surface area contributed by atoms with Crippen molar-refractivity contribution in [1.82, 2.24) is 10.1 Å². The van der Waals surface area contributed by atoms with E-state index in [0.717, 1.165) is 25.0 Å². The van der Waals surface area contributed by atoms with Crippen LogP contribution in [0.25, 0.3) is 11.4 Å². The molecule has 1 heterocycles. The maximum absolute atomic E-state index is 12.8. The van der Waals surface area contributed by atoms with E-state index in [1.54, 1.807) is 24.3 Å². The van der Waals surface area contributed by atoms with Crippen LogP contribution in [0.4, 0.5) is 18.9 Å². The first-order valence-corrected chi connectivity index (χ1v) is 8.33. The predicted molar refractivity (Wildman–Crippen MR) is 91.1 cm³/mol. The van der Waals surface area contributed by atoms with Crippen LogP contribution in [0.2, 0.25) is 0 Å². The van der Waals surface area contributed by atoms with E-state index >= 15 is 0 Å². The van der Waals surface area contributed by atoms with E-state index in [-0.39, 0.29) is 5.69 Å². The minimum atomic E-state index is -4.47. The van der Waals surface area contributed by atoms with E-state index < -0.39 is 17.6 Å². The predicted octanol–water partition coefficient (Wildman–Crippen LogP) is 4.89. The fraction of sp³-hybridized carbons (Fsp3) is 0.211. The van der Waals surface area contributed by atoms with Gasteiger partial charge in [-0.15, -0.1) is 0 Å². The molecule has 1 N–H and O–H groups in total. The van der Waals surface area contributed by atoms with Gasteiger partial charge in [-0.1, -0.05) is 23.4 Å². The van der Waals surface area contributed by atoms with Crippen molar-refractivity contribution < 1.29 is 22.5 Å². The number of hydrogen-bond acceptors (Lipinski definition) is 4. The molecule has 1 saturated carbocycles. The molecule has 3 aromatic rings. The molecule has 0 radical (unpaired) electrons. The number of anilines is 1. The van der Waals surface area contributed by atoms with E-state index in [2.05, 4.69) is 15.5 Å². The lowest BCUT2D eigenvalue weighted by atomic mass is 10.1. The maximum atomic E-state index is 12.8. The first-order valence-electron chi connectivity index (χ1n) is 8.33. The zero-order valence-corrected chi connectivity index (χ0v) is 14.0. The molecular formula is C19H14F3N3O2. The second-order valence-electron chi connectivity index (χ2n) is 6.34. The summed E-state index contributed by atoms with van der Waals surface area (Å²) in [7, 11) is 0. The van der Waals surface area contributed by atoms with E-state index in [9.17, 15) is 18.0 Å². The van der Waals surface area contributed by atoms with Crippen molar-refractivity contribution in [2.45, 2.75) is 24.9 Å². The Balaban J connectivity index is 1.47. The van der Waals surface area contributed by atoms with Crippen molar-refractivity contribution in [2.75, 3.05) is 5.32 Å². The lowest BCUT2D eigenvalue weighted by Gasteiger charge is -2.10. The number of nitrogens with zero attached hydrogens (tertiary/aromatic N) is 2. The summed E-state index contributed by atoms with van der Waals surface area (Å²) in [5.41, 5.74) is 0.258. The first-order chi connectivity index (χ1) is 12.9. The third-order valence-electron chi connectivity index (χ3n) is 4.22. The van der Waals surface area contributed by atoms with Crippen molar-refractivity contribution in [3.8, 4) is 11.4 Å². The summed E-state index contributed by atoms with van der Waals surface area (Å²) in [6.07, 6.45) is -2.36. The minimum Gasteiger partial charge on any atom is -0.339 e. The molecule has 5 nitrogen and oxygen atoms in total. The number of amides is 1. The van der Waals surface area contributed by atoms with Crippen LogP contribution in [0.5, 0.6) is 0 Å². The van der Waals surface area contributed by atoms with Crippen LogP contribution in [0.3, 0.4) is 0 Å². The van der Waals surface area contributed by atoms with Gasteiger partial charge in [-0.05, 0) is 43.2 Å². The molecule has 0 bridgehead atoms. The molecule has 0 aliphatic heterocycles. The largest absolute Gasteiger partial charge is 0.416 e. The van der Waals surface area contributed by atoms with Gasteiger partial charge in [0.25, 0.3) is 5.91 Å². The van der Waals surface area contributed by atoms with Crippen molar-refractivity contribution in [2.24, 2.45) is 0 Å². The second-order valence-corrected chi connectivity index (χ2v) is 6.34. The fourth-order valence-electron chi connectivity index (χ4n) is 2.60. The molecule has 4 rings (SSSR count). The molecule has 138 valence electrons. The van der Waals surface area contributed by atoms with Gasteiger partial charge >= 0.3 is 6.18 Å². The number of halogens is 3. The Kier molecular flexibility index (Phi) is 4.18. The van der Waals surface area contributed by atoms with Crippen LogP contribution in [0.15, 0.2) is 53.1 Å². The Bertz CT molecular complexity index is 976. The van der Waals surface area contributed by atoms with Crippen LogP contribution in [-0.4, -0.2) is 16.0 Å². The maximum Gasteiger partial charge on any atom is 0.416 e. The van der Waals surface area contributed by atoms with Gasteiger partial charge in [0.1, 0.15) is 0 Å². The normalized spacial score (nSPS) is 14.2. The summed E-state index contributed by atoms with van der Waals surface area (Å²) < 4.78 is 43.5. The van der Waals surface area contributed by atoms with Gasteiger partial charge in [-0.25, -0.2) is 0 Å². The molecule has 0 atom stereocenters. The van der Waals surface area contributed by atoms with Gasteiger partial charge < -0.3 is 9.84 Å². The van der Waals surface area contributed by atoms with Crippen LogP contribution >= 0.6 is 0 Å². The highest BCUT2D eigenvalue weighted by Crippen LogP contribution is 2.39. The topological polar surface area (TPSA) is 68.0 Å². The average molecular weight is 373 g/mol. The second kappa shape index (κ2) is 6.53. The smallest absolute Gasteiger partial charge is 0.339 e. The van der Waals surface area contributed by atoms with Crippen molar-refractivity contribution in [1.29, 1.82) is 0 Å². The molecule has 8 heteroatoms. The fourth-order valence-corrected chi connectivity index (χ4v) is 2.60. The van der Waals surface area contributed by atoms with Crippen molar-refractivity contribution in [3.63, 3.8) is 0 Å². The summed E-state index contributed by atoms with van der Waals surface area (Å²) in [4.78, 5) is 16.6. The Morgan fingerprint density at radius 1 is 1.11 bits per heavy atom. The van der Waals surface area contributed by atoms with E-state index in [4.69, 9.17) is 4.52 Å².